The van der Waals surface area contributed by atoms with Crippen LogP contribution in [-0.4, -0.2) is 0 Å². The van der Waals surface area contributed by atoms with Crippen molar-refractivity contribution in [3.05, 3.63) is 67.9 Å². The molecule has 3 N–H and O–H groups in total. The van der Waals surface area contributed by atoms with Crippen LogP contribution in [0.15, 0.2) is 45.3 Å². The summed E-state index contributed by atoms with van der Waals surface area (Å²) in [5.41, 5.74) is 5.84. The summed E-state index contributed by atoms with van der Waals surface area (Å²) in [6.07, 6.45) is 0.620. The zero-order valence-corrected chi connectivity index (χ0v) is 14.1. The highest BCUT2D eigenvalue weighted by Crippen LogP contribution is 2.29. The second-order valence-corrected chi connectivity index (χ2v) is 6.43. The van der Waals surface area contributed by atoms with Crippen molar-refractivity contribution in [2.75, 3.05) is 0 Å². The molecule has 20 heavy (non-hydrogen) atoms. The van der Waals surface area contributed by atoms with Crippen molar-refractivity contribution in [3.63, 3.8) is 0 Å². The van der Waals surface area contributed by atoms with Gasteiger partial charge in [0.05, 0.1) is 6.04 Å². The zero-order valence-electron chi connectivity index (χ0n) is 11.0. The largest absolute Gasteiger partial charge is 0.271 e. The van der Waals surface area contributed by atoms with Gasteiger partial charge in [-0.3, -0.25) is 11.3 Å². The second kappa shape index (κ2) is 6.80. The third kappa shape index (κ3) is 3.67. The Balaban J connectivity index is 2.33. The molecular formula is C15H15Br2FN2. The summed E-state index contributed by atoms with van der Waals surface area (Å²) in [5.74, 6) is 5.45. The molecule has 0 saturated carbocycles. The molecule has 0 amide bonds. The molecule has 2 aromatic carbocycles. The highest BCUT2D eigenvalue weighted by Gasteiger charge is 2.15. The van der Waals surface area contributed by atoms with Crippen LogP contribution in [0.1, 0.15) is 22.7 Å². The molecule has 1 atom stereocenters. The summed E-state index contributed by atoms with van der Waals surface area (Å²) in [6.45, 7) is 1.97. The van der Waals surface area contributed by atoms with Crippen molar-refractivity contribution in [2.24, 2.45) is 5.84 Å². The number of nitrogens with one attached hydrogen (secondary N) is 1. The van der Waals surface area contributed by atoms with E-state index >= 15 is 0 Å². The SMILES string of the molecule is Cc1ccc(F)cc1CC(NN)c1cc(Br)ccc1Br. The molecule has 106 valence electrons. The van der Waals surface area contributed by atoms with Crippen LogP contribution in [0.5, 0.6) is 0 Å². The molecular weight excluding hydrogens is 387 g/mol. The number of halogens is 3. The van der Waals surface area contributed by atoms with Crippen LogP contribution in [0, 0.1) is 12.7 Å². The fraction of sp³-hybridized carbons (Fsp3) is 0.200. The van der Waals surface area contributed by atoms with Crippen molar-refractivity contribution < 1.29 is 4.39 Å². The minimum Gasteiger partial charge on any atom is -0.271 e. The molecule has 5 heteroatoms. The number of aryl methyl sites for hydroxylation is 1. The first-order valence-corrected chi connectivity index (χ1v) is 7.76. The predicted octanol–water partition coefficient (Wildman–Crippen LogP) is 4.41. The molecule has 2 rings (SSSR count). The van der Waals surface area contributed by atoms with Gasteiger partial charge in [-0.25, -0.2) is 4.39 Å². The Morgan fingerprint density at radius 3 is 2.65 bits per heavy atom. The topological polar surface area (TPSA) is 38.0 Å². The van der Waals surface area contributed by atoms with E-state index in [4.69, 9.17) is 5.84 Å². The minimum atomic E-state index is -0.227. The Kier molecular flexibility index (Phi) is 5.32. The lowest BCUT2D eigenvalue weighted by Gasteiger charge is -2.19. The number of benzene rings is 2. The Labute approximate surface area is 134 Å². The normalized spacial score (nSPS) is 12.4. The average molecular weight is 402 g/mol. The molecule has 0 spiro atoms. The van der Waals surface area contributed by atoms with Gasteiger partial charge < -0.3 is 0 Å². The van der Waals surface area contributed by atoms with Gasteiger partial charge in [0, 0.05) is 8.95 Å². The summed E-state index contributed by atoms with van der Waals surface area (Å²) < 4.78 is 15.3. The summed E-state index contributed by atoms with van der Waals surface area (Å²) in [4.78, 5) is 0. The molecule has 1 unspecified atom stereocenters. The van der Waals surface area contributed by atoms with E-state index in [0.717, 1.165) is 25.6 Å². The van der Waals surface area contributed by atoms with Crippen molar-refractivity contribution in [1.29, 1.82) is 0 Å². The predicted molar refractivity (Wildman–Crippen MR) is 86.7 cm³/mol. The van der Waals surface area contributed by atoms with Crippen molar-refractivity contribution >= 4 is 31.9 Å². The van der Waals surface area contributed by atoms with E-state index in [0.29, 0.717) is 6.42 Å². The lowest BCUT2D eigenvalue weighted by atomic mass is 9.96. The Hall–Kier alpha value is -0.750. The van der Waals surface area contributed by atoms with E-state index in [1.165, 1.54) is 6.07 Å². The molecule has 0 aliphatic carbocycles. The van der Waals surface area contributed by atoms with E-state index in [-0.39, 0.29) is 11.9 Å². The smallest absolute Gasteiger partial charge is 0.123 e. The van der Waals surface area contributed by atoms with Crippen molar-refractivity contribution in [3.8, 4) is 0 Å². The van der Waals surface area contributed by atoms with E-state index < -0.39 is 0 Å². The Morgan fingerprint density at radius 2 is 1.95 bits per heavy atom. The number of hydrazine groups is 1. The van der Waals surface area contributed by atoms with Gasteiger partial charge in [-0.05, 0) is 60.4 Å². The number of nitrogens with two attached hydrogens (primary N) is 1. The monoisotopic (exact) mass is 400 g/mol. The number of hydrogen-bond acceptors (Lipinski definition) is 2. The first-order chi connectivity index (χ1) is 9.51. The molecule has 2 nitrogen and oxygen atoms in total. The lowest BCUT2D eigenvalue weighted by Crippen LogP contribution is -2.30. The molecule has 0 fully saturated rings. The molecule has 0 aliphatic heterocycles. The highest BCUT2D eigenvalue weighted by atomic mass is 79.9. The molecule has 0 saturated heterocycles. The van der Waals surface area contributed by atoms with E-state index in [9.17, 15) is 4.39 Å². The Morgan fingerprint density at radius 1 is 1.20 bits per heavy atom. The third-order valence-electron chi connectivity index (χ3n) is 3.27. The first kappa shape index (κ1) is 15.6. The lowest BCUT2D eigenvalue weighted by molar-refractivity contribution is 0.545. The fourth-order valence-electron chi connectivity index (χ4n) is 2.12. The second-order valence-electron chi connectivity index (χ2n) is 4.66. The number of hydrogen-bond donors (Lipinski definition) is 2. The van der Waals surface area contributed by atoms with Crippen molar-refractivity contribution in [1.82, 2.24) is 5.43 Å². The molecule has 0 aromatic heterocycles. The van der Waals surface area contributed by atoms with Gasteiger partial charge in [0.15, 0.2) is 0 Å². The van der Waals surface area contributed by atoms with Gasteiger partial charge in [-0.2, -0.15) is 0 Å². The standard InChI is InChI=1S/C15H15Br2FN2/c1-9-2-4-12(18)6-10(9)7-15(20-19)13-8-11(16)3-5-14(13)17/h2-6,8,15,20H,7,19H2,1H3. The van der Waals surface area contributed by atoms with E-state index in [2.05, 4.69) is 37.3 Å². The highest BCUT2D eigenvalue weighted by molar-refractivity contribution is 9.11. The van der Waals surface area contributed by atoms with Gasteiger partial charge in [-0.1, -0.05) is 37.9 Å². The van der Waals surface area contributed by atoms with Crippen LogP contribution in [-0.2, 0) is 6.42 Å². The molecule has 0 heterocycles. The first-order valence-electron chi connectivity index (χ1n) is 6.17. The summed E-state index contributed by atoms with van der Waals surface area (Å²) in [7, 11) is 0. The van der Waals surface area contributed by atoms with Gasteiger partial charge in [-0.15, -0.1) is 0 Å². The Bertz CT molecular complexity index is 617. The minimum absolute atomic E-state index is 0.0950. The number of rotatable bonds is 4. The van der Waals surface area contributed by atoms with Gasteiger partial charge in [0.1, 0.15) is 5.82 Å². The van der Waals surface area contributed by atoms with Crippen LogP contribution in [0.3, 0.4) is 0 Å². The van der Waals surface area contributed by atoms with E-state index in [1.54, 1.807) is 12.1 Å². The van der Waals surface area contributed by atoms with Crippen LogP contribution in [0.25, 0.3) is 0 Å². The maximum absolute atomic E-state index is 13.4. The summed E-state index contributed by atoms with van der Waals surface area (Å²) in [5, 5.41) is 0. The molecule has 0 aliphatic rings. The molecule has 0 radical (unpaired) electrons. The van der Waals surface area contributed by atoms with Crippen molar-refractivity contribution in [2.45, 2.75) is 19.4 Å². The van der Waals surface area contributed by atoms with Crippen LogP contribution >= 0.6 is 31.9 Å². The van der Waals surface area contributed by atoms with Crippen LogP contribution < -0.4 is 11.3 Å². The quantitative estimate of drug-likeness (QED) is 0.588. The van der Waals surface area contributed by atoms with E-state index in [1.807, 2.05) is 25.1 Å². The zero-order chi connectivity index (χ0) is 14.7. The average Bonchev–Trinajstić information content (AvgIpc) is 2.42. The van der Waals surface area contributed by atoms with Gasteiger partial charge in [0.25, 0.3) is 0 Å². The maximum Gasteiger partial charge on any atom is 0.123 e. The summed E-state index contributed by atoms with van der Waals surface area (Å²) in [6, 6.07) is 10.6. The third-order valence-corrected chi connectivity index (χ3v) is 4.49. The van der Waals surface area contributed by atoms with Gasteiger partial charge >= 0.3 is 0 Å². The van der Waals surface area contributed by atoms with Gasteiger partial charge in [0.2, 0.25) is 0 Å². The molecule has 2 aromatic rings. The summed E-state index contributed by atoms with van der Waals surface area (Å²) >= 11 is 6.98. The maximum atomic E-state index is 13.4. The molecule has 0 bridgehead atoms. The van der Waals surface area contributed by atoms with Crippen LogP contribution in [0.2, 0.25) is 0 Å². The van der Waals surface area contributed by atoms with Crippen LogP contribution in [0.4, 0.5) is 4.39 Å². The fourth-order valence-corrected chi connectivity index (χ4v) is 3.02.